The number of hydrogen-bond donors (Lipinski definition) is 2. The van der Waals surface area contributed by atoms with E-state index in [4.69, 9.17) is 0 Å². The number of fused-ring (bicyclic) bond motifs is 1. The summed E-state index contributed by atoms with van der Waals surface area (Å²) in [5.74, 6) is 0.0447. The zero-order chi connectivity index (χ0) is 19.2. The molecule has 0 saturated heterocycles. The highest BCUT2D eigenvalue weighted by atomic mass is 16.2. The third-order valence-electron chi connectivity index (χ3n) is 4.30. The first kappa shape index (κ1) is 18.6. The molecule has 0 saturated carbocycles. The molecule has 138 valence electrons. The summed E-state index contributed by atoms with van der Waals surface area (Å²) in [6.45, 7) is 4.67. The smallest absolute Gasteiger partial charge is 0.253 e. The molecule has 3 rings (SSSR count). The maximum absolute atomic E-state index is 12.5. The average molecular weight is 360 g/mol. The number of carbonyl (C=O) groups is 2. The highest BCUT2D eigenvalue weighted by molar-refractivity contribution is 6.04. The number of carbonyl (C=O) groups excluding carboxylic acids is 2. The molecule has 27 heavy (non-hydrogen) atoms. The van der Waals surface area contributed by atoms with Gasteiger partial charge in [0.2, 0.25) is 5.91 Å². The van der Waals surface area contributed by atoms with Gasteiger partial charge in [-0.05, 0) is 34.4 Å². The van der Waals surface area contributed by atoms with Gasteiger partial charge in [0.05, 0.1) is 17.7 Å². The van der Waals surface area contributed by atoms with E-state index < -0.39 is 0 Å². The first-order valence-corrected chi connectivity index (χ1v) is 9.17. The fraction of sp³-hybridized carbons (Fsp3) is 0.217. The van der Waals surface area contributed by atoms with Gasteiger partial charge in [-0.1, -0.05) is 68.4 Å². The predicted octanol–water partition coefficient (Wildman–Crippen LogP) is 4.41. The van der Waals surface area contributed by atoms with Crippen molar-refractivity contribution in [2.45, 2.75) is 20.3 Å². The normalized spacial score (nSPS) is 10.8. The Hall–Kier alpha value is -3.14. The van der Waals surface area contributed by atoms with Gasteiger partial charge in [-0.25, -0.2) is 0 Å². The van der Waals surface area contributed by atoms with Crippen LogP contribution in [0.25, 0.3) is 10.8 Å². The molecule has 2 amide bonds. The fourth-order valence-electron chi connectivity index (χ4n) is 2.91. The molecule has 2 N–H and O–H groups in total. The molecule has 0 bridgehead atoms. The molecule has 0 spiro atoms. The topological polar surface area (TPSA) is 58.2 Å². The highest BCUT2D eigenvalue weighted by Crippen LogP contribution is 2.18. The minimum absolute atomic E-state index is 0.144. The molecule has 4 heteroatoms. The average Bonchev–Trinajstić information content (AvgIpc) is 2.66. The maximum Gasteiger partial charge on any atom is 0.253 e. The molecular weight excluding hydrogens is 336 g/mol. The Kier molecular flexibility index (Phi) is 5.87. The van der Waals surface area contributed by atoms with E-state index >= 15 is 0 Å². The van der Waals surface area contributed by atoms with E-state index in [0.29, 0.717) is 23.7 Å². The molecule has 0 atom stereocenters. The van der Waals surface area contributed by atoms with Crippen LogP contribution in [0.15, 0.2) is 66.7 Å². The molecule has 3 aromatic rings. The molecule has 0 fully saturated rings. The number of nitrogens with one attached hydrogen (secondary N) is 2. The lowest BCUT2D eigenvalue weighted by atomic mass is 10.0. The Labute approximate surface area is 159 Å². The van der Waals surface area contributed by atoms with Gasteiger partial charge in [0, 0.05) is 6.54 Å². The number of anilines is 1. The van der Waals surface area contributed by atoms with Crippen molar-refractivity contribution in [2.24, 2.45) is 5.92 Å². The first-order chi connectivity index (χ1) is 13.0. The van der Waals surface area contributed by atoms with Crippen LogP contribution in [-0.4, -0.2) is 18.4 Å². The Morgan fingerprint density at radius 1 is 0.889 bits per heavy atom. The third kappa shape index (κ3) is 4.94. The maximum atomic E-state index is 12.5. The van der Waals surface area contributed by atoms with E-state index in [0.717, 1.165) is 16.3 Å². The number of amides is 2. The van der Waals surface area contributed by atoms with Crippen LogP contribution in [0.4, 0.5) is 5.69 Å². The van der Waals surface area contributed by atoms with Crippen molar-refractivity contribution in [3.05, 3.63) is 77.9 Å². The zero-order valence-electron chi connectivity index (χ0n) is 15.7. The number of hydrogen-bond acceptors (Lipinski definition) is 2. The molecular formula is C23H24N2O2. The molecule has 4 nitrogen and oxygen atoms in total. The first-order valence-electron chi connectivity index (χ1n) is 9.17. The van der Waals surface area contributed by atoms with Gasteiger partial charge < -0.3 is 10.6 Å². The second-order valence-electron chi connectivity index (χ2n) is 7.06. The third-order valence-corrected chi connectivity index (χ3v) is 4.30. The van der Waals surface area contributed by atoms with E-state index in [-0.39, 0.29) is 18.2 Å². The minimum atomic E-state index is -0.176. The quantitative estimate of drug-likeness (QED) is 0.684. The molecule has 0 aliphatic carbocycles. The van der Waals surface area contributed by atoms with Gasteiger partial charge in [-0.15, -0.1) is 0 Å². The summed E-state index contributed by atoms with van der Waals surface area (Å²) in [7, 11) is 0. The van der Waals surface area contributed by atoms with Crippen molar-refractivity contribution in [3.63, 3.8) is 0 Å². The van der Waals surface area contributed by atoms with Gasteiger partial charge in [-0.2, -0.15) is 0 Å². The van der Waals surface area contributed by atoms with Crippen LogP contribution in [0.3, 0.4) is 0 Å². The van der Waals surface area contributed by atoms with Gasteiger partial charge >= 0.3 is 0 Å². The summed E-state index contributed by atoms with van der Waals surface area (Å²) >= 11 is 0. The summed E-state index contributed by atoms with van der Waals surface area (Å²) in [5.41, 5.74) is 1.95. The summed E-state index contributed by atoms with van der Waals surface area (Å²) in [5, 5.41) is 8.02. The lowest BCUT2D eigenvalue weighted by Crippen LogP contribution is -2.28. The van der Waals surface area contributed by atoms with E-state index in [1.807, 2.05) is 62.4 Å². The summed E-state index contributed by atoms with van der Waals surface area (Å²) in [4.78, 5) is 24.9. The zero-order valence-corrected chi connectivity index (χ0v) is 15.7. The number of para-hydroxylation sites is 1. The monoisotopic (exact) mass is 360 g/mol. The van der Waals surface area contributed by atoms with Crippen molar-refractivity contribution in [1.29, 1.82) is 0 Å². The number of benzene rings is 3. The van der Waals surface area contributed by atoms with Crippen molar-refractivity contribution >= 4 is 28.3 Å². The Bertz CT molecular complexity index is 963. The Morgan fingerprint density at radius 3 is 2.37 bits per heavy atom. The van der Waals surface area contributed by atoms with Crippen LogP contribution in [0, 0.1) is 5.92 Å². The van der Waals surface area contributed by atoms with Crippen molar-refractivity contribution < 1.29 is 9.59 Å². The van der Waals surface area contributed by atoms with Crippen molar-refractivity contribution in [2.75, 3.05) is 11.9 Å². The second-order valence-corrected chi connectivity index (χ2v) is 7.06. The summed E-state index contributed by atoms with van der Waals surface area (Å²) in [6.07, 6.45) is 0.257. The molecule has 0 heterocycles. The lowest BCUT2D eigenvalue weighted by molar-refractivity contribution is -0.115. The van der Waals surface area contributed by atoms with Crippen LogP contribution in [0.1, 0.15) is 29.8 Å². The van der Waals surface area contributed by atoms with Gasteiger partial charge in [0.25, 0.3) is 5.91 Å². The fourth-order valence-corrected chi connectivity index (χ4v) is 2.91. The van der Waals surface area contributed by atoms with Crippen LogP contribution >= 0.6 is 0 Å². The minimum Gasteiger partial charge on any atom is -0.352 e. The molecule has 0 aliphatic heterocycles. The van der Waals surface area contributed by atoms with E-state index in [1.165, 1.54) is 0 Å². The lowest BCUT2D eigenvalue weighted by Gasteiger charge is -2.12. The SMILES string of the molecule is CC(C)CNC(=O)c1ccccc1NC(=O)Cc1ccc2ccccc2c1. The molecule has 0 aromatic heterocycles. The van der Waals surface area contributed by atoms with E-state index in [9.17, 15) is 9.59 Å². The standard InChI is InChI=1S/C23H24N2O2/c1-16(2)15-24-23(27)20-9-5-6-10-21(20)25-22(26)14-17-11-12-18-7-3-4-8-19(18)13-17/h3-13,16H,14-15H2,1-2H3,(H,24,27)(H,25,26). The Morgan fingerprint density at radius 2 is 1.59 bits per heavy atom. The highest BCUT2D eigenvalue weighted by Gasteiger charge is 2.13. The molecule has 0 aliphatic rings. The van der Waals surface area contributed by atoms with Crippen molar-refractivity contribution in [1.82, 2.24) is 5.32 Å². The van der Waals surface area contributed by atoms with Crippen LogP contribution in [0.5, 0.6) is 0 Å². The van der Waals surface area contributed by atoms with Crippen LogP contribution in [0.2, 0.25) is 0 Å². The molecule has 0 radical (unpaired) electrons. The summed E-state index contributed by atoms with van der Waals surface area (Å²) in [6, 6.07) is 21.1. The van der Waals surface area contributed by atoms with E-state index in [1.54, 1.807) is 18.2 Å². The van der Waals surface area contributed by atoms with Gasteiger partial charge in [0.15, 0.2) is 0 Å². The molecule has 0 unspecified atom stereocenters. The second kappa shape index (κ2) is 8.49. The van der Waals surface area contributed by atoms with Crippen LogP contribution in [-0.2, 0) is 11.2 Å². The van der Waals surface area contributed by atoms with Crippen LogP contribution < -0.4 is 10.6 Å². The van der Waals surface area contributed by atoms with E-state index in [2.05, 4.69) is 10.6 Å². The van der Waals surface area contributed by atoms with Crippen molar-refractivity contribution in [3.8, 4) is 0 Å². The molecule has 3 aromatic carbocycles. The number of rotatable bonds is 6. The van der Waals surface area contributed by atoms with Gasteiger partial charge in [-0.3, -0.25) is 9.59 Å². The largest absolute Gasteiger partial charge is 0.352 e. The van der Waals surface area contributed by atoms with Gasteiger partial charge in [0.1, 0.15) is 0 Å². The summed E-state index contributed by atoms with van der Waals surface area (Å²) < 4.78 is 0. The Balaban J connectivity index is 1.71. The predicted molar refractivity (Wildman–Crippen MR) is 110 cm³/mol.